The molecule has 0 saturated heterocycles. The lowest BCUT2D eigenvalue weighted by Crippen LogP contribution is -2.20. The first-order valence-electron chi connectivity index (χ1n) is 4.32. The Morgan fingerprint density at radius 1 is 1.20 bits per heavy atom. The van der Waals surface area contributed by atoms with Gasteiger partial charge in [-0.15, -0.1) is 0 Å². The van der Waals surface area contributed by atoms with E-state index >= 15 is 0 Å². The van der Waals surface area contributed by atoms with Crippen LogP contribution in [0.4, 0.5) is 13.2 Å². The molecule has 0 spiro atoms. The first kappa shape index (κ1) is 12.8. The van der Waals surface area contributed by atoms with Crippen molar-refractivity contribution in [2.75, 3.05) is 11.0 Å². The van der Waals surface area contributed by atoms with E-state index in [1.807, 2.05) is 28.7 Å². The molecule has 1 atom stereocenters. The van der Waals surface area contributed by atoms with Gasteiger partial charge in [0.2, 0.25) is 0 Å². The number of hydrogen-bond donors (Lipinski definition) is 0. The van der Waals surface area contributed by atoms with Crippen LogP contribution in [0.15, 0.2) is 30.3 Å². The molecule has 1 aromatic rings. The van der Waals surface area contributed by atoms with Crippen LogP contribution in [-0.4, -0.2) is 17.2 Å². The van der Waals surface area contributed by atoms with Crippen LogP contribution in [-0.2, 0) is 4.74 Å². The summed E-state index contributed by atoms with van der Waals surface area (Å²) in [5.74, 6) is 0. The molecular weight excluding hydrogens is 320 g/mol. The number of benzene rings is 1. The normalized spacial score (nSPS) is 13.9. The maximum Gasteiger partial charge on any atom is 0.411 e. The second-order valence-electron chi connectivity index (χ2n) is 2.98. The predicted molar refractivity (Wildman–Crippen MR) is 60.1 cm³/mol. The highest BCUT2D eigenvalue weighted by atomic mass is 127. The van der Waals surface area contributed by atoms with Crippen LogP contribution in [0.3, 0.4) is 0 Å². The second kappa shape index (κ2) is 5.69. The van der Waals surface area contributed by atoms with Gasteiger partial charge in [0.25, 0.3) is 0 Å². The second-order valence-corrected chi connectivity index (χ2v) is 3.86. The van der Waals surface area contributed by atoms with E-state index in [0.717, 1.165) is 5.56 Å². The first-order valence-corrected chi connectivity index (χ1v) is 5.85. The van der Waals surface area contributed by atoms with Crippen molar-refractivity contribution in [2.24, 2.45) is 0 Å². The number of rotatable bonds is 4. The Morgan fingerprint density at radius 3 is 2.27 bits per heavy atom. The summed E-state index contributed by atoms with van der Waals surface area (Å²) < 4.78 is 41.1. The Balaban J connectivity index is 2.58. The summed E-state index contributed by atoms with van der Waals surface area (Å²) >= 11 is 2.01. The van der Waals surface area contributed by atoms with Crippen LogP contribution in [0.25, 0.3) is 0 Å². The number of halogens is 4. The Kier molecular flexibility index (Phi) is 4.85. The molecule has 0 amide bonds. The van der Waals surface area contributed by atoms with Gasteiger partial charge in [0.1, 0.15) is 6.61 Å². The Labute approximate surface area is 99.8 Å². The van der Waals surface area contributed by atoms with E-state index in [-0.39, 0.29) is 0 Å². The predicted octanol–water partition coefficient (Wildman–Crippen LogP) is 3.74. The highest BCUT2D eigenvalue weighted by Gasteiger charge is 2.29. The minimum absolute atomic E-state index is 0.492. The monoisotopic (exact) mass is 330 g/mol. The zero-order valence-corrected chi connectivity index (χ0v) is 9.96. The molecule has 0 aliphatic rings. The van der Waals surface area contributed by atoms with Gasteiger partial charge in [0, 0.05) is 4.43 Å². The topological polar surface area (TPSA) is 9.23 Å². The average Bonchev–Trinajstić information content (AvgIpc) is 2.19. The molecular formula is C10H10F3IO. The molecule has 0 aliphatic carbocycles. The summed E-state index contributed by atoms with van der Waals surface area (Å²) in [7, 11) is 0. The molecule has 0 fully saturated rings. The summed E-state index contributed by atoms with van der Waals surface area (Å²) in [6, 6.07) is 8.91. The molecule has 1 nitrogen and oxygen atoms in total. The number of ether oxygens (including phenoxy) is 1. The van der Waals surface area contributed by atoms with Gasteiger partial charge in [0.05, 0.1) is 6.10 Å². The van der Waals surface area contributed by atoms with Gasteiger partial charge in [0.15, 0.2) is 0 Å². The fourth-order valence-electron chi connectivity index (χ4n) is 1.09. The summed E-state index contributed by atoms with van der Waals surface area (Å²) in [5, 5.41) is 0. The Hall–Kier alpha value is -0.300. The average molecular weight is 330 g/mol. The van der Waals surface area contributed by atoms with Crippen LogP contribution in [0.2, 0.25) is 0 Å². The molecule has 15 heavy (non-hydrogen) atoms. The zero-order valence-electron chi connectivity index (χ0n) is 7.80. The zero-order chi connectivity index (χ0) is 11.3. The highest BCUT2D eigenvalue weighted by Crippen LogP contribution is 2.23. The van der Waals surface area contributed by atoms with E-state index in [1.54, 1.807) is 24.3 Å². The lowest BCUT2D eigenvalue weighted by atomic mass is 10.1. The maximum absolute atomic E-state index is 11.9. The van der Waals surface area contributed by atoms with Crippen molar-refractivity contribution in [1.29, 1.82) is 0 Å². The van der Waals surface area contributed by atoms with Crippen molar-refractivity contribution in [1.82, 2.24) is 0 Å². The van der Waals surface area contributed by atoms with Gasteiger partial charge in [-0.3, -0.25) is 0 Å². The molecule has 0 aromatic heterocycles. The van der Waals surface area contributed by atoms with Crippen molar-refractivity contribution in [3.63, 3.8) is 0 Å². The quantitative estimate of drug-likeness (QED) is 0.604. The summed E-state index contributed by atoms with van der Waals surface area (Å²) in [5.41, 5.74) is 0.774. The summed E-state index contributed by atoms with van der Waals surface area (Å²) in [6.45, 7) is -1.20. The molecule has 0 heterocycles. The molecule has 1 aromatic carbocycles. The third kappa shape index (κ3) is 4.83. The molecule has 1 rings (SSSR count). The van der Waals surface area contributed by atoms with Crippen LogP contribution in [0.1, 0.15) is 11.7 Å². The fourth-order valence-corrected chi connectivity index (χ4v) is 1.86. The van der Waals surface area contributed by atoms with Crippen LogP contribution in [0.5, 0.6) is 0 Å². The molecule has 5 heteroatoms. The van der Waals surface area contributed by atoms with E-state index in [0.29, 0.717) is 4.43 Å². The van der Waals surface area contributed by atoms with Crippen LogP contribution in [0, 0.1) is 0 Å². The first-order chi connectivity index (χ1) is 7.03. The molecule has 84 valence electrons. The van der Waals surface area contributed by atoms with E-state index in [9.17, 15) is 13.2 Å². The lowest BCUT2D eigenvalue weighted by Gasteiger charge is -2.16. The lowest BCUT2D eigenvalue weighted by molar-refractivity contribution is -0.183. The molecule has 1 unspecified atom stereocenters. The van der Waals surface area contributed by atoms with Gasteiger partial charge in [-0.2, -0.15) is 13.2 Å². The van der Waals surface area contributed by atoms with Gasteiger partial charge in [-0.25, -0.2) is 0 Å². The molecule has 0 bridgehead atoms. The van der Waals surface area contributed by atoms with E-state index in [2.05, 4.69) is 0 Å². The van der Waals surface area contributed by atoms with Crippen molar-refractivity contribution in [3.8, 4) is 0 Å². The maximum atomic E-state index is 11.9. The molecule has 0 radical (unpaired) electrons. The Bertz CT molecular complexity index is 286. The van der Waals surface area contributed by atoms with Gasteiger partial charge < -0.3 is 4.74 Å². The fraction of sp³-hybridized carbons (Fsp3) is 0.400. The van der Waals surface area contributed by atoms with E-state index < -0.39 is 18.9 Å². The van der Waals surface area contributed by atoms with E-state index in [4.69, 9.17) is 4.74 Å². The molecule has 0 saturated carbocycles. The smallest absolute Gasteiger partial charge is 0.363 e. The van der Waals surface area contributed by atoms with Gasteiger partial charge >= 0.3 is 6.18 Å². The number of hydrogen-bond acceptors (Lipinski definition) is 1. The highest BCUT2D eigenvalue weighted by molar-refractivity contribution is 14.1. The van der Waals surface area contributed by atoms with Crippen molar-refractivity contribution in [2.45, 2.75) is 12.3 Å². The summed E-state index contributed by atoms with van der Waals surface area (Å²) in [4.78, 5) is 0. The van der Waals surface area contributed by atoms with Crippen molar-refractivity contribution >= 4 is 22.6 Å². The minimum Gasteiger partial charge on any atom is -0.363 e. The number of alkyl halides is 4. The van der Waals surface area contributed by atoms with Gasteiger partial charge in [-0.05, 0) is 5.56 Å². The SMILES string of the molecule is FC(F)(F)COC(CI)c1ccccc1. The van der Waals surface area contributed by atoms with Crippen molar-refractivity contribution in [3.05, 3.63) is 35.9 Å². The minimum atomic E-state index is -4.27. The molecule has 0 aliphatic heterocycles. The van der Waals surface area contributed by atoms with Crippen molar-refractivity contribution < 1.29 is 17.9 Å². The third-order valence-electron chi connectivity index (χ3n) is 1.76. The van der Waals surface area contributed by atoms with Crippen LogP contribution < -0.4 is 0 Å². The molecule has 0 N–H and O–H groups in total. The van der Waals surface area contributed by atoms with E-state index in [1.165, 1.54) is 0 Å². The Morgan fingerprint density at radius 2 is 1.80 bits per heavy atom. The summed E-state index contributed by atoms with van der Waals surface area (Å²) in [6.07, 6.45) is -4.76. The largest absolute Gasteiger partial charge is 0.411 e. The van der Waals surface area contributed by atoms with Crippen LogP contribution >= 0.6 is 22.6 Å². The van der Waals surface area contributed by atoms with Gasteiger partial charge in [-0.1, -0.05) is 52.9 Å². The standard InChI is InChI=1S/C10H10F3IO/c11-10(12,13)7-15-9(6-14)8-4-2-1-3-5-8/h1-5,9H,6-7H2. The third-order valence-corrected chi connectivity index (χ3v) is 2.56.